The van der Waals surface area contributed by atoms with Gasteiger partial charge >= 0.3 is 12.1 Å². The quantitative estimate of drug-likeness (QED) is 0.563. The zero-order chi connectivity index (χ0) is 22.7. The van der Waals surface area contributed by atoms with Crippen LogP contribution in [0.15, 0.2) is 22.7 Å². The Bertz CT molecular complexity index is 833. The second-order valence-corrected chi connectivity index (χ2v) is 10.6. The molecule has 0 bridgehead atoms. The van der Waals surface area contributed by atoms with Crippen LogP contribution in [0.5, 0.6) is 0 Å². The van der Waals surface area contributed by atoms with Gasteiger partial charge in [0.1, 0.15) is 11.2 Å². The molecule has 0 spiro atoms. The Morgan fingerprint density at radius 1 is 1.20 bits per heavy atom. The zero-order valence-electron chi connectivity index (χ0n) is 18.6. The number of carbonyl (C=O) groups excluding carboxylic acids is 2. The van der Waals surface area contributed by atoms with Crippen molar-refractivity contribution in [1.82, 2.24) is 4.90 Å². The first-order valence-corrected chi connectivity index (χ1v) is 11.0. The van der Waals surface area contributed by atoms with E-state index < -0.39 is 17.1 Å². The van der Waals surface area contributed by atoms with E-state index in [1.807, 2.05) is 47.6 Å². The molecular weight excluding hydrogens is 448 g/mol. The van der Waals surface area contributed by atoms with Gasteiger partial charge in [0.25, 0.3) is 0 Å². The van der Waals surface area contributed by atoms with E-state index in [0.29, 0.717) is 31.5 Å². The van der Waals surface area contributed by atoms with E-state index in [1.165, 1.54) is 0 Å². The number of nitriles is 1. The molecule has 1 aliphatic rings. The highest BCUT2D eigenvalue weighted by Crippen LogP contribution is 2.32. The number of carbonyl (C=O) groups is 2. The minimum atomic E-state index is -0.607. The maximum absolute atomic E-state index is 13.1. The molecule has 7 heteroatoms. The van der Waals surface area contributed by atoms with E-state index in [-0.39, 0.29) is 18.0 Å². The number of amides is 1. The van der Waals surface area contributed by atoms with E-state index >= 15 is 0 Å². The zero-order valence-corrected chi connectivity index (χ0v) is 20.2. The van der Waals surface area contributed by atoms with Crippen LogP contribution in [0.25, 0.3) is 0 Å². The molecule has 164 valence electrons. The predicted molar refractivity (Wildman–Crippen MR) is 118 cm³/mol. The monoisotopic (exact) mass is 478 g/mol. The Labute approximate surface area is 187 Å². The van der Waals surface area contributed by atoms with Crippen molar-refractivity contribution in [2.75, 3.05) is 13.1 Å². The summed E-state index contributed by atoms with van der Waals surface area (Å²) in [4.78, 5) is 27.2. The first-order valence-electron chi connectivity index (χ1n) is 10.2. The lowest BCUT2D eigenvalue weighted by Crippen LogP contribution is -2.38. The molecule has 1 fully saturated rings. The molecule has 1 heterocycles. The third-order valence-corrected chi connectivity index (χ3v) is 5.54. The van der Waals surface area contributed by atoms with Gasteiger partial charge in [0.15, 0.2) is 0 Å². The highest BCUT2D eigenvalue weighted by atomic mass is 79.9. The van der Waals surface area contributed by atoms with Crippen LogP contribution in [-0.4, -0.2) is 41.3 Å². The van der Waals surface area contributed by atoms with Gasteiger partial charge in [-0.25, -0.2) is 4.79 Å². The molecule has 30 heavy (non-hydrogen) atoms. The summed E-state index contributed by atoms with van der Waals surface area (Å²) in [6.45, 7) is 12.0. The number of halogens is 1. The van der Waals surface area contributed by atoms with Crippen LogP contribution in [0.1, 0.15) is 59.1 Å². The van der Waals surface area contributed by atoms with Crippen molar-refractivity contribution in [2.45, 2.75) is 65.6 Å². The van der Waals surface area contributed by atoms with Gasteiger partial charge in [0, 0.05) is 17.6 Å². The van der Waals surface area contributed by atoms with Crippen molar-refractivity contribution in [3.05, 3.63) is 33.8 Å². The van der Waals surface area contributed by atoms with Crippen molar-refractivity contribution in [1.29, 1.82) is 5.26 Å². The molecule has 2 atom stereocenters. The molecule has 1 aromatic rings. The number of likely N-dealkylation sites (tertiary alicyclic amines) is 1. The Kier molecular flexibility index (Phi) is 7.57. The Hall–Kier alpha value is -2.07. The van der Waals surface area contributed by atoms with Crippen molar-refractivity contribution in [3.63, 3.8) is 0 Å². The van der Waals surface area contributed by atoms with Crippen LogP contribution in [0.3, 0.4) is 0 Å². The van der Waals surface area contributed by atoms with E-state index in [4.69, 9.17) is 9.47 Å². The van der Waals surface area contributed by atoms with Crippen LogP contribution >= 0.6 is 15.9 Å². The molecule has 2 unspecified atom stereocenters. The van der Waals surface area contributed by atoms with Crippen LogP contribution < -0.4 is 0 Å². The van der Waals surface area contributed by atoms with Gasteiger partial charge in [-0.2, -0.15) is 5.26 Å². The Balaban J connectivity index is 2.24. The molecule has 1 aromatic carbocycles. The van der Waals surface area contributed by atoms with E-state index in [9.17, 15) is 14.9 Å². The summed E-state index contributed by atoms with van der Waals surface area (Å²) in [6.07, 6.45) is 0.761. The van der Waals surface area contributed by atoms with Gasteiger partial charge < -0.3 is 14.4 Å². The molecule has 1 saturated heterocycles. The topological polar surface area (TPSA) is 79.6 Å². The minimum Gasteiger partial charge on any atom is -0.460 e. The summed E-state index contributed by atoms with van der Waals surface area (Å²) in [5, 5.41) is 9.23. The molecular formula is C23H31BrN2O4. The van der Waals surface area contributed by atoms with Gasteiger partial charge in [0.05, 0.1) is 17.6 Å². The van der Waals surface area contributed by atoms with Gasteiger partial charge in [0.2, 0.25) is 0 Å². The highest BCUT2D eigenvalue weighted by Gasteiger charge is 2.39. The number of ether oxygens (including phenoxy) is 2. The maximum Gasteiger partial charge on any atom is 0.410 e. The highest BCUT2D eigenvalue weighted by molar-refractivity contribution is 9.10. The number of hydrogen-bond donors (Lipinski definition) is 0. The Morgan fingerprint density at radius 2 is 1.83 bits per heavy atom. The summed E-state index contributed by atoms with van der Waals surface area (Å²) < 4.78 is 12.0. The molecule has 0 saturated carbocycles. The van der Waals surface area contributed by atoms with Crippen LogP contribution in [0, 0.1) is 23.2 Å². The van der Waals surface area contributed by atoms with E-state index in [1.54, 1.807) is 17.0 Å². The summed E-state index contributed by atoms with van der Waals surface area (Å²) in [7, 11) is 0. The summed E-state index contributed by atoms with van der Waals surface area (Å²) in [5.74, 6) is -0.764. The summed E-state index contributed by atoms with van der Waals surface area (Å²) in [6, 6.07) is 7.49. The van der Waals surface area contributed by atoms with Gasteiger partial charge in [-0.3, -0.25) is 4.79 Å². The molecule has 0 radical (unpaired) electrons. The van der Waals surface area contributed by atoms with Crippen molar-refractivity contribution >= 4 is 28.0 Å². The molecule has 1 amide bonds. The Morgan fingerprint density at radius 3 is 2.40 bits per heavy atom. The fourth-order valence-electron chi connectivity index (χ4n) is 3.47. The van der Waals surface area contributed by atoms with Gasteiger partial charge in [-0.05, 0) is 84.1 Å². The number of benzene rings is 1. The fraction of sp³-hybridized carbons (Fsp3) is 0.609. The maximum atomic E-state index is 13.1. The molecule has 0 aromatic heterocycles. The predicted octanol–water partition coefficient (Wildman–Crippen LogP) is 5.08. The first kappa shape index (κ1) is 24.2. The lowest BCUT2D eigenvalue weighted by Gasteiger charge is -2.28. The average molecular weight is 479 g/mol. The summed E-state index contributed by atoms with van der Waals surface area (Å²) in [5.41, 5.74) is 0.242. The van der Waals surface area contributed by atoms with Crippen molar-refractivity contribution in [3.8, 4) is 6.07 Å². The van der Waals surface area contributed by atoms with E-state index in [0.717, 1.165) is 10.0 Å². The van der Waals surface area contributed by atoms with E-state index in [2.05, 4.69) is 22.0 Å². The number of nitrogens with zero attached hydrogens (tertiary/aromatic N) is 2. The van der Waals surface area contributed by atoms with Gasteiger partial charge in [-0.1, -0.05) is 15.9 Å². The van der Waals surface area contributed by atoms with Crippen molar-refractivity contribution < 1.29 is 19.1 Å². The third-order valence-electron chi connectivity index (χ3n) is 4.77. The first-order chi connectivity index (χ1) is 13.8. The van der Waals surface area contributed by atoms with Crippen LogP contribution in [0.2, 0.25) is 0 Å². The smallest absolute Gasteiger partial charge is 0.410 e. The lowest BCUT2D eigenvalue weighted by atomic mass is 9.85. The number of hydrogen-bond acceptors (Lipinski definition) is 5. The lowest BCUT2D eigenvalue weighted by molar-refractivity contribution is -0.161. The molecule has 0 N–H and O–H groups in total. The third kappa shape index (κ3) is 7.02. The number of esters is 1. The second kappa shape index (κ2) is 9.38. The largest absolute Gasteiger partial charge is 0.460 e. The number of rotatable bonds is 4. The van der Waals surface area contributed by atoms with Crippen LogP contribution in [-0.2, 0) is 20.7 Å². The standard InChI is InChI=1S/C23H31BrN2O4/c1-22(2,3)29-20(27)18(12-17-11-15(13-25)7-8-19(17)24)16-9-10-26(14-16)21(28)30-23(4,5)6/h7-8,11,16,18H,9-10,12,14H2,1-6H3. The molecule has 2 rings (SSSR count). The van der Waals surface area contributed by atoms with Crippen molar-refractivity contribution in [2.24, 2.45) is 11.8 Å². The fourth-order valence-corrected chi connectivity index (χ4v) is 3.87. The molecule has 6 nitrogen and oxygen atoms in total. The second-order valence-electron chi connectivity index (χ2n) is 9.74. The van der Waals surface area contributed by atoms with Crippen LogP contribution in [0.4, 0.5) is 4.79 Å². The van der Waals surface area contributed by atoms with Gasteiger partial charge in [-0.15, -0.1) is 0 Å². The average Bonchev–Trinajstić information content (AvgIpc) is 3.07. The normalized spacial score (nSPS) is 17.9. The minimum absolute atomic E-state index is 0.0509. The summed E-state index contributed by atoms with van der Waals surface area (Å²) >= 11 is 3.53. The SMILES string of the molecule is CC(C)(C)OC(=O)C(Cc1cc(C#N)ccc1Br)C1CCN(C(=O)OC(C)(C)C)C1. The molecule has 1 aliphatic heterocycles. The molecule has 0 aliphatic carbocycles.